The second kappa shape index (κ2) is 16.1. The molecule has 2 aromatic heterocycles. The van der Waals surface area contributed by atoms with Crippen molar-refractivity contribution in [2.75, 3.05) is 42.8 Å². The Morgan fingerprint density at radius 2 is 1.75 bits per heavy atom. The number of piperidine rings is 1. The van der Waals surface area contributed by atoms with Crippen LogP contribution in [0.1, 0.15) is 80.5 Å². The number of amides is 3. The molecular formula is C41H44F2N10O5S. The number of aryl methyl sites for hydroxylation is 1. The van der Waals surface area contributed by atoms with Gasteiger partial charge in [-0.3, -0.25) is 29.4 Å². The molecule has 1 saturated carbocycles. The molecule has 3 amide bonds. The number of aromatic nitrogens is 4. The molecule has 8 rings (SSSR count). The molecule has 308 valence electrons. The maximum absolute atomic E-state index is 15.7. The minimum absolute atomic E-state index is 0.0664. The molecule has 0 bridgehead atoms. The molecule has 0 unspecified atom stereocenters. The predicted octanol–water partition coefficient (Wildman–Crippen LogP) is 6.42. The first-order chi connectivity index (χ1) is 28.3. The average molecular weight is 827 g/mol. The largest absolute Gasteiger partial charge is 0.453 e. The number of carbonyl (C=O) groups excluding carboxylic acids is 2. The SMILES string of the molecule is CCN(C)S(=O)(=O)Nc1ccc(F)c(Oc2ccc3ncc(C4CCN(C5CCC(c6cc7c(cc6F)c(N6CCC(=O)NC6=O)nn7C)CC5)CC4)nc3c2)c1C#N. The third-order valence-corrected chi connectivity index (χ3v) is 13.5. The summed E-state index contributed by atoms with van der Waals surface area (Å²) in [4.78, 5) is 37.6. The van der Waals surface area contributed by atoms with Crippen LogP contribution in [0.25, 0.3) is 21.9 Å². The highest BCUT2D eigenvalue weighted by atomic mass is 32.2. The molecule has 4 heterocycles. The van der Waals surface area contributed by atoms with E-state index in [-0.39, 0.29) is 60.1 Å². The molecule has 1 aliphatic carbocycles. The smallest absolute Gasteiger partial charge is 0.329 e. The summed E-state index contributed by atoms with van der Waals surface area (Å²) in [7, 11) is -0.819. The zero-order valence-electron chi connectivity index (χ0n) is 32.9. The van der Waals surface area contributed by atoms with Crippen LogP contribution in [0, 0.1) is 23.0 Å². The number of nitrogens with zero attached hydrogens (tertiary/aromatic N) is 8. The average Bonchev–Trinajstić information content (AvgIpc) is 3.55. The molecule has 0 spiro atoms. The number of likely N-dealkylation sites (tertiary alicyclic amines) is 1. The first-order valence-corrected chi connectivity index (χ1v) is 21.2. The highest BCUT2D eigenvalue weighted by Crippen LogP contribution is 2.41. The molecule has 59 heavy (non-hydrogen) atoms. The van der Waals surface area contributed by atoms with Crippen molar-refractivity contribution < 1.29 is 31.5 Å². The summed E-state index contributed by atoms with van der Waals surface area (Å²) >= 11 is 0. The Hall–Kier alpha value is -5.77. The molecule has 2 N–H and O–H groups in total. The van der Waals surface area contributed by atoms with Gasteiger partial charge in [-0.1, -0.05) is 6.92 Å². The number of nitriles is 1. The molecule has 3 aromatic carbocycles. The van der Waals surface area contributed by atoms with Crippen molar-refractivity contribution in [2.24, 2.45) is 7.05 Å². The Balaban J connectivity index is 0.901. The molecule has 2 saturated heterocycles. The lowest BCUT2D eigenvalue weighted by Gasteiger charge is -2.41. The third-order valence-electron chi connectivity index (χ3n) is 11.9. The van der Waals surface area contributed by atoms with Gasteiger partial charge < -0.3 is 9.64 Å². The Kier molecular flexibility index (Phi) is 10.9. The Bertz CT molecular complexity index is 2620. The number of rotatable bonds is 10. The van der Waals surface area contributed by atoms with Crippen molar-refractivity contribution in [3.05, 3.63) is 77.1 Å². The topological polar surface area (TPSA) is 179 Å². The monoisotopic (exact) mass is 826 g/mol. The lowest BCUT2D eigenvalue weighted by atomic mass is 9.80. The number of nitrogens with one attached hydrogen (secondary N) is 2. The summed E-state index contributed by atoms with van der Waals surface area (Å²) in [6, 6.07) is 12.2. The van der Waals surface area contributed by atoms with Gasteiger partial charge in [-0.15, -0.1) is 0 Å². The fraction of sp³-hybridized carbons (Fsp3) is 0.415. The summed E-state index contributed by atoms with van der Waals surface area (Å²) in [6.45, 7) is 3.82. The second-order valence-corrected chi connectivity index (χ2v) is 17.2. The van der Waals surface area contributed by atoms with Crippen LogP contribution >= 0.6 is 0 Å². The number of ether oxygens (including phenoxy) is 1. The zero-order valence-corrected chi connectivity index (χ0v) is 33.7. The van der Waals surface area contributed by atoms with Crippen molar-refractivity contribution in [1.29, 1.82) is 5.26 Å². The molecule has 18 heteroatoms. The molecule has 0 atom stereocenters. The summed E-state index contributed by atoms with van der Waals surface area (Å²) in [5.41, 5.74) is 3.01. The van der Waals surface area contributed by atoms with Gasteiger partial charge in [-0.25, -0.2) is 18.6 Å². The van der Waals surface area contributed by atoms with E-state index in [9.17, 15) is 23.3 Å². The van der Waals surface area contributed by atoms with Gasteiger partial charge in [-0.05, 0) is 99.5 Å². The van der Waals surface area contributed by atoms with Crippen LogP contribution in [0.4, 0.5) is 25.1 Å². The van der Waals surface area contributed by atoms with E-state index in [0.29, 0.717) is 33.8 Å². The lowest BCUT2D eigenvalue weighted by molar-refractivity contribution is -0.120. The van der Waals surface area contributed by atoms with Gasteiger partial charge in [0.2, 0.25) is 5.91 Å². The van der Waals surface area contributed by atoms with E-state index in [2.05, 4.69) is 25.0 Å². The van der Waals surface area contributed by atoms with E-state index in [1.165, 1.54) is 24.1 Å². The Morgan fingerprint density at radius 3 is 2.46 bits per heavy atom. The van der Waals surface area contributed by atoms with E-state index in [1.54, 1.807) is 43.0 Å². The van der Waals surface area contributed by atoms with E-state index in [0.717, 1.165) is 73.2 Å². The maximum atomic E-state index is 15.7. The van der Waals surface area contributed by atoms with Gasteiger partial charge in [-0.2, -0.15) is 23.1 Å². The molecule has 0 radical (unpaired) electrons. The molecule has 3 fully saturated rings. The van der Waals surface area contributed by atoms with Crippen LogP contribution in [-0.4, -0.2) is 88.6 Å². The van der Waals surface area contributed by atoms with Crippen LogP contribution in [-0.2, 0) is 22.1 Å². The van der Waals surface area contributed by atoms with Crippen molar-refractivity contribution in [3.8, 4) is 17.6 Å². The molecular weight excluding hydrogens is 783 g/mol. The Morgan fingerprint density at radius 1 is 0.983 bits per heavy atom. The minimum atomic E-state index is -3.98. The van der Waals surface area contributed by atoms with Crippen LogP contribution in [0.2, 0.25) is 0 Å². The highest BCUT2D eigenvalue weighted by Gasteiger charge is 2.33. The van der Waals surface area contributed by atoms with Crippen molar-refractivity contribution >= 4 is 55.6 Å². The highest BCUT2D eigenvalue weighted by molar-refractivity contribution is 7.90. The maximum Gasteiger partial charge on any atom is 0.329 e. The van der Waals surface area contributed by atoms with Gasteiger partial charge in [0.15, 0.2) is 17.4 Å². The van der Waals surface area contributed by atoms with E-state index in [4.69, 9.17) is 9.72 Å². The van der Waals surface area contributed by atoms with Crippen molar-refractivity contribution in [1.82, 2.24) is 34.3 Å². The fourth-order valence-electron chi connectivity index (χ4n) is 8.49. The summed E-state index contributed by atoms with van der Waals surface area (Å²) in [5.74, 6) is -1.08. The normalized spacial score (nSPS) is 19.6. The number of fused-ring (bicyclic) bond motifs is 2. The van der Waals surface area contributed by atoms with Crippen LogP contribution < -0.4 is 19.7 Å². The number of hydrogen-bond donors (Lipinski definition) is 2. The van der Waals surface area contributed by atoms with Gasteiger partial charge in [0.1, 0.15) is 23.2 Å². The van der Waals surface area contributed by atoms with E-state index in [1.807, 2.05) is 12.1 Å². The summed E-state index contributed by atoms with van der Waals surface area (Å²) in [5, 5.41) is 17.3. The first kappa shape index (κ1) is 40.0. The third kappa shape index (κ3) is 7.89. The van der Waals surface area contributed by atoms with Crippen LogP contribution in [0.3, 0.4) is 0 Å². The summed E-state index contributed by atoms with van der Waals surface area (Å²) in [6.07, 6.45) is 7.33. The van der Waals surface area contributed by atoms with Gasteiger partial charge >= 0.3 is 16.2 Å². The molecule has 3 aliphatic rings. The number of carbonyl (C=O) groups is 2. The van der Waals surface area contributed by atoms with Crippen molar-refractivity contribution in [2.45, 2.75) is 69.7 Å². The second-order valence-electron chi connectivity index (χ2n) is 15.4. The zero-order chi connectivity index (χ0) is 41.6. The number of benzene rings is 3. The van der Waals surface area contributed by atoms with E-state index < -0.39 is 27.8 Å². The van der Waals surface area contributed by atoms with Gasteiger partial charge in [0.05, 0.1) is 27.9 Å². The molecule has 2 aliphatic heterocycles. The number of anilines is 2. The number of imide groups is 1. The Labute approximate surface area is 340 Å². The lowest BCUT2D eigenvalue weighted by Crippen LogP contribution is -2.49. The van der Waals surface area contributed by atoms with E-state index >= 15 is 8.78 Å². The fourth-order valence-corrected chi connectivity index (χ4v) is 9.43. The quantitative estimate of drug-likeness (QED) is 0.160. The predicted molar refractivity (Wildman–Crippen MR) is 216 cm³/mol. The van der Waals surface area contributed by atoms with Gasteiger partial charge in [0, 0.05) is 63.2 Å². The molecule has 15 nitrogen and oxygen atoms in total. The number of halogens is 2. The first-order valence-electron chi connectivity index (χ1n) is 19.8. The van der Waals surface area contributed by atoms with Crippen LogP contribution in [0.15, 0.2) is 48.7 Å². The van der Waals surface area contributed by atoms with Gasteiger partial charge in [0.25, 0.3) is 0 Å². The number of hydrogen-bond acceptors (Lipinski definition) is 10. The minimum Gasteiger partial charge on any atom is -0.453 e. The van der Waals surface area contributed by atoms with Crippen molar-refractivity contribution in [3.63, 3.8) is 0 Å². The standard InChI is InChI=1S/C41H44F2N10O5S/c1-4-50(2)59(56,57)49-33-12-10-31(42)39(30(33)22-44)58-27-9-11-34-35(19-27)46-36(23-45-34)25-13-16-52(17-14-25)26-7-5-24(6-8-26)28-21-37-29(20-32(28)43)40(48-51(37)3)53-18-15-38(54)47-41(53)55/h9-12,19-21,23-26,49H,4-8,13-18H2,1-3H3,(H,47,54,55). The van der Waals surface area contributed by atoms with Crippen LogP contribution in [0.5, 0.6) is 11.5 Å². The summed E-state index contributed by atoms with van der Waals surface area (Å²) < 4.78 is 67.0. The number of urea groups is 1. The molecule has 5 aromatic rings.